The van der Waals surface area contributed by atoms with Crippen LogP contribution >= 0.6 is 0 Å². The summed E-state index contributed by atoms with van der Waals surface area (Å²) in [4.78, 5) is 21.2. The Balaban J connectivity index is 1.43. The number of rotatable bonds is 6. The number of carbonyl (C=O) groups is 1. The van der Waals surface area contributed by atoms with Crippen molar-refractivity contribution >= 4 is 5.91 Å². The molecule has 9 nitrogen and oxygen atoms in total. The standard InChI is InChI=1S/C24H23N5O4/c1-31-22-7-6-17(15-20(22)23-25-10-12-33-23)14-18-16-32-13-11-28(18)24(30)19-4-2-3-5-21(19)29-26-8-9-27-29/h2-10,12,15,18H,11,13-14,16H2,1H3/t18-/m1/s1. The molecule has 1 saturated heterocycles. The van der Waals surface area contributed by atoms with Crippen molar-refractivity contribution < 1.29 is 18.7 Å². The largest absolute Gasteiger partial charge is 0.496 e. The van der Waals surface area contributed by atoms with Crippen LogP contribution in [0.15, 0.2) is 71.7 Å². The first-order valence-electron chi connectivity index (χ1n) is 10.7. The second-order valence-corrected chi connectivity index (χ2v) is 7.64. The highest BCUT2D eigenvalue weighted by Crippen LogP contribution is 2.31. The lowest BCUT2D eigenvalue weighted by molar-refractivity contribution is -0.00165. The fourth-order valence-electron chi connectivity index (χ4n) is 4.09. The topological polar surface area (TPSA) is 95.5 Å². The summed E-state index contributed by atoms with van der Waals surface area (Å²) in [5.74, 6) is 1.09. The van der Waals surface area contributed by atoms with E-state index in [9.17, 15) is 4.79 Å². The van der Waals surface area contributed by atoms with Crippen LogP contribution in [0.3, 0.4) is 0 Å². The smallest absolute Gasteiger partial charge is 0.256 e. The summed E-state index contributed by atoms with van der Waals surface area (Å²) in [6, 6.07) is 13.1. The van der Waals surface area contributed by atoms with Crippen molar-refractivity contribution in [2.24, 2.45) is 0 Å². The minimum absolute atomic E-state index is 0.0716. The molecule has 5 rings (SSSR count). The third-order valence-corrected chi connectivity index (χ3v) is 5.66. The maximum atomic E-state index is 13.6. The van der Waals surface area contributed by atoms with Crippen molar-refractivity contribution in [1.82, 2.24) is 24.9 Å². The molecule has 1 aliphatic heterocycles. The van der Waals surface area contributed by atoms with Gasteiger partial charge < -0.3 is 18.8 Å². The molecule has 33 heavy (non-hydrogen) atoms. The third kappa shape index (κ3) is 4.22. The van der Waals surface area contributed by atoms with Crippen LogP contribution in [-0.4, -0.2) is 63.7 Å². The number of morpholine rings is 1. The third-order valence-electron chi connectivity index (χ3n) is 5.66. The number of hydrogen-bond donors (Lipinski definition) is 0. The normalized spacial score (nSPS) is 16.0. The minimum atomic E-state index is -0.129. The van der Waals surface area contributed by atoms with E-state index in [1.807, 2.05) is 47.4 Å². The average molecular weight is 445 g/mol. The Kier molecular flexibility index (Phi) is 5.86. The number of benzene rings is 2. The van der Waals surface area contributed by atoms with Crippen LogP contribution in [0.25, 0.3) is 17.1 Å². The van der Waals surface area contributed by atoms with Crippen LogP contribution in [0.5, 0.6) is 5.75 Å². The van der Waals surface area contributed by atoms with E-state index in [0.717, 1.165) is 11.1 Å². The van der Waals surface area contributed by atoms with Gasteiger partial charge in [-0.2, -0.15) is 15.0 Å². The molecule has 1 atom stereocenters. The molecule has 1 fully saturated rings. The summed E-state index contributed by atoms with van der Waals surface area (Å²) in [6.45, 7) is 1.45. The van der Waals surface area contributed by atoms with Crippen LogP contribution in [0.1, 0.15) is 15.9 Å². The lowest BCUT2D eigenvalue weighted by Crippen LogP contribution is -2.50. The van der Waals surface area contributed by atoms with Crippen molar-refractivity contribution in [1.29, 1.82) is 0 Å². The number of ether oxygens (including phenoxy) is 2. The first-order valence-corrected chi connectivity index (χ1v) is 10.7. The number of amides is 1. The van der Waals surface area contributed by atoms with Crippen molar-refractivity contribution in [3.05, 3.63) is 78.4 Å². The minimum Gasteiger partial charge on any atom is -0.496 e. The molecule has 0 radical (unpaired) electrons. The van der Waals surface area contributed by atoms with Gasteiger partial charge in [0.05, 0.1) is 61.8 Å². The van der Waals surface area contributed by atoms with Gasteiger partial charge in [0.15, 0.2) is 0 Å². The maximum absolute atomic E-state index is 13.6. The van der Waals surface area contributed by atoms with Gasteiger partial charge in [0.2, 0.25) is 5.89 Å². The number of methoxy groups -OCH3 is 1. The molecule has 0 unspecified atom stereocenters. The Morgan fingerprint density at radius 2 is 2.00 bits per heavy atom. The van der Waals surface area contributed by atoms with Gasteiger partial charge in [-0.1, -0.05) is 18.2 Å². The van der Waals surface area contributed by atoms with Crippen molar-refractivity contribution in [2.45, 2.75) is 12.5 Å². The van der Waals surface area contributed by atoms with Crippen molar-refractivity contribution in [2.75, 3.05) is 26.9 Å². The Morgan fingerprint density at radius 1 is 1.15 bits per heavy atom. The Labute approximate surface area is 190 Å². The Hall–Kier alpha value is -3.98. The summed E-state index contributed by atoms with van der Waals surface area (Å²) < 4.78 is 16.7. The van der Waals surface area contributed by atoms with Crippen LogP contribution < -0.4 is 4.74 Å². The first kappa shape index (κ1) is 20.9. The average Bonchev–Trinajstić information content (AvgIpc) is 3.59. The summed E-state index contributed by atoms with van der Waals surface area (Å²) >= 11 is 0. The molecule has 2 aromatic carbocycles. The molecule has 0 spiro atoms. The van der Waals surface area contributed by atoms with Gasteiger partial charge in [-0.15, -0.1) is 0 Å². The van der Waals surface area contributed by atoms with Gasteiger partial charge >= 0.3 is 0 Å². The molecule has 4 aromatic rings. The molecule has 0 N–H and O–H groups in total. The molecule has 0 bridgehead atoms. The predicted octanol–water partition coefficient (Wildman–Crippen LogP) is 3.01. The van der Waals surface area contributed by atoms with E-state index >= 15 is 0 Å². The highest BCUT2D eigenvalue weighted by atomic mass is 16.5. The lowest BCUT2D eigenvalue weighted by Gasteiger charge is -2.36. The van der Waals surface area contributed by atoms with E-state index in [0.29, 0.717) is 49.1 Å². The van der Waals surface area contributed by atoms with Crippen LogP contribution in [0, 0.1) is 0 Å². The SMILES string of the molecule is COc1ccc(C[C@@H]2COCCN2C(=O)c2ccccc2-n2nccn2)cc1-c1ncco1. The molecule has 9 heteroatoms. The zero-order valence-electron chi connectivity index (χ0n) is 18.1. The van der Waals surface area contributed by atoms with Crippen molar-refractivity contribution in [3.63, 3.8) is 0 Å². The molecular weight excluding hydrogens is 422 g/mol. The fraction of sp³-hybridized carbons (Fsp3) is 0.250. The predicted molar refractivity (Wildman–Crippen MR) is 119 cm³/mol. The number of carbonyl (C=O) groups excluding carboxylic acids is 1. The molecular formula is C24H23N5O4. The second-order valence-electron chi connectivity index (χ2n) is 7.64. The highest BCUT2D eigenvalue weighted by molar-refractivity contribution is 5.98. The van der Waals surface area contributed by atoms with Gasteiger partial charge in [0, 0.05) is 6.54 Å². The number of hydrogen-bond acceptors (Lipinski definition) is 7. The summed E-state index contributed by atoms with van der Waals surface area (Å²) in [5.41, 5.74) is 2.99. The van der Waals surface area contributed by atoms with E-state index in [2.05, 4.69) is 15.2 Å². The number of aromatic nitrogens is 4. The van der Waals surface area contributed by atoms with E-state index < -0.39 is 0 Å². The number of para-hydroxylation sites is 1. The van der Waals surface area contributed by atoms with Crippen LogP contribution in [0.4, 0.5) is 0 Å². The molecule has 1 aliphatic rings. The highest BCUT2D eigenvalue weighted by Gasteiger charge is 2.30. The maximum Gasteiger partial charge on any atom is 0.256 e. The summed E-state index contributed by atoms with van der Waals surface area (Å²) in [5, 5.41) is 8.39. The molecule has 3 heterocycles. The van der Waals surface area contributed by atoms with Crippen molar-refractivity contribution in [3.8, 4) is 22.9 Å². The van der Waals surface area contributed by atoms with E-state index in [1.54, 1.807) is 25.7 Å². The summed E-state index contributed by atoms with van der Waals surface area (Å²) in [6.07, 6.45) is 6.93. The first-order chi connectivity index (χ1) is 16.2. The van der Waals surface area contributed by atoms with Gasteiger partial charge in [-0.3, -0.25) is 4.79 Å². The Bertz CT molecular complexity index is 1220. The molecule has 0 aliphatic carbocycles. The fourth-order valence-corrected chi connectivity index (χ4v) is 4.09. The van der Waals surface area contributed by atoms with E-state index in [1.165, 1.54) is 11.1 Å². The molecule has 1 amide bonds. The molecule has 0 saturated carbocycles. The zero-order valence-corrected chi connectivity index (χ0v) is 18.1. The quantitative estimate of drug-likeness (QED) is 0.450. The molecule has 168 valence electrons. The van der Waals surface area contributed by atoms with Crippen LogP contribution in [0.2, 0.25) is 0 Å². The number of oxazole rings is 1. The number of nitrogens with zero attached hydrogens (tertiary/aromatic N) is 5. The molecule has 2 aromatic heterocycles. The van der Waals surface area contributed by atoms with Gasteiger partial charge in [0.1, 0.15) is 12.0 Å². The monoisotopic (exact) mass is 445 g/mol. The van der Waals surface area contributed by atoms with Gasteiger partial charge in [-0.25, -0.2) is 4.98 Å². The van der Waals surface area contributed by atoms with Gasteiger partial charge in [0.25, 0.3) is 5.91 Å². The van der Waals surface area contributed by atoms with E-state index in [-0.39, 0.29) is 11.9 Å². The zero-order chi connectivity index (χ0) is 22.6. The second kappa shape index (κ2) is 9.25. The van der Waals surface area contributed by atoms with Gasteiger partial charge in [-0.05, 0) is 36.2 Å². The van der Waals surface area contributed by atoms with E-state index in [4.69, 9.17) is 13.9 Å². The Morgan fingerprint density at radius 3 is 2.79 bits per heavy atom. The lowest BCUT2D eigenvalue weighted by atomic mass is 10.00. The summed E-state index contributed by atoms with van der Waals surface area (Å²) in [7, 11) is 1.61. The van der Waals surface area contributed by atoms with Crippen LogP contribution in [-0.2, 0) is 11.2 Å².